The van der Waals surface area contributed by atoms with Gasteiger partial charge < -0.3 is 9.47 Å². The van der Waals surface area contributed by atoms with Gasteiger partial charge >= 0.3 is 11.9 Å². The number of ether oxygens (including phenoxy) is 2. The molecule has 0 bridgehead atoms. The fourth-order valence-electron chi connectivity index (χ4n) is 1.45. The Kier molecular flexibility index (Phi) is 5.15. The van der Waals surface area contributed by atoms with Crippen molar-refractivity contribution in [2.75, 3.05) is 14.2 Å². The van der Waals surface area contributed by atoms with E-state index in [1.165, 1.54) is 14.2 Å². The lowest BCUT2D eigenvalue weighted by molar-refractivity contribution is -0.158. The van der Waals surface area contributed by atoms with E-state index in [2.05, 4.69) is 25.4 Å². The van der Waals surface area contributed by atoms with E-state index in [1.807, 2.05) is 24.3 Å². The summed E-state index contributed by atoms with van der Waals surface area (Å²) in [5.74, 6) is -2.09. The molecule has 1 aromatic rings. The topological polar surface area (TPSA) is 52.6 Å². The molecular formula is C12H13BrO4. The van der Waals surface area contributed by atoms with E-state index in [0.29, 0.717) is 0 Å². The van der Waals surface area contributed by atoms with Crippen molar-refractivity contribution < 1.29 is 19.1 Å². The third kappa shape index (κ3) is 3.85. The van der Waals surface area contributed by atoms with Gasteiger partial charge in [-0.25, -0.2) is 0 Å². The highest BCUT2D eigenvalue weighted by molar-refractivity contribution is 9.10. The maximum atomic E-state index is 11.5. The van der Waals surface area contributed by atoms with Crippen molar-refractivity contribution in [3.8, 4) is 0 Å². The molecule has 0 radical (unpaired) electrons. The molecule has 0 spiro atoms. The van der Waals surface area contributed by atoms with Crippen LogP contribution < -0.4 is 0 Å². The van der Waals surface area contributed by atoms with Crippen LogP contribution in [0.3, 0.4) is 0 Å². The van der Waals surface area contributed by atoms with Gasteiger partial charge in [0.15, 0.2) is 5.92 Å². The molecule has 92 valence electrons. The standard InChI is InChI=1S/C12H13BrO4/c1-16-11(14)10(12(15)17-2)7-8-4-3-5-9(13)6-8/h3-6,10H,7H2,1-2H3. The minimum Gasteiger partial charge on any atom is -0.468 e. The summed E-state index contributed by atoms with van der Waals surface area (Å²) in [7, 11) is 2.50. The molecule has 0 atom stereocenters. The molecule has 0 aromatic heterocycles. The minimum absolute atomic E-state index is 0.263. The largest absolute Gasteiger partial charge is 0.468 e. The third-order valence-corrected chi connectivity index (χ3v) is 2.79. The highest BCUT2D eigenvalue weighted by Gasteiger charge is 2.28. The normalized spacial score (nSPS) is 10.1. The Morgan fingerprint density at radius 2 is 1.82 bits per heavy atom. The smallest absolute Gasteiger partial charge is 0.320 e. The van der Waals surface area contributed by atoms with Gasteiger partial charge in [0.2, 0.25) is 0 Å². The second-order valence-corrected chi connectivity index (χ2v) is 4.35. The molecule has 0 amide bonds. The van der Waals surface area contributed by atoms with Gasteiger partial charge in [-0.05, 0) is 24.1 Å². The van der Waals surface area contributed by atoms with Crippen LogP contribution in [0.15, 0.2) is 28.7 Å². The maximum Gasteiger partial charge on any atom is 0.320 e. The van der Waals surface area contributed by atoms with Crippen molar-refractivity contribution in [2.24, 2.45) is 5.92 Å². The lowest BCUT2D eigenvalue weighted by Gasteiger charge is -2.12. The second-order valence-electron chi connectivity index (χ2n) is 3.43. The Labute approximate surface area is 108 Å². The minimum atomic E-state index is -0.917. The monoisotopic (exact) mass is 300 g/mol. The van der Waals surface area contributed by atoms with E-state index in [9.17, 15) is 9.59 Å². The van der Waals surface area contributed by atoms with Gasteiger partial charge in [0, 0.05) is 4.47 Å². The van der Waals surface area contributed by atoms with E-state index in [4.69, 9.17) is 0 Å². The van der Waals surface area contributed by atoms with Crippen molar-refractivity contribution in [3.05, 3.63) is 34.3 Å². The van der Waals surface area contributed by atoms with Crippen LogP contribution in [0.4, 0.5) is 0 Å². The Bertz CT molecular complexity index is 401. The molecule has 0 unspecified atom stereocenters. The van der Waals surface area contributed by atoms with E-state index in [-0.39, 0.29) is 6.42 Å². The van der Waals surface area contributed by atoms with Gasteiger partial charge in [0.05, 0.1) is 14.2 Å². The van der Waals surface area contributed by atoms with Gasteiger partial charge in [-0.2, -0.15) is 0 Å². The van der Waals surface area contributed by atoms with Gasteiger partial charge in [0.1, 0.15) is 0 Å². The van der Waals surface area contributed by atoms with Crippen molar-refractivity contribution in [2.45, 2.75) is 6.42 Å². The summed E-state index contributed by atoms with van der Waals surface area (Å²) in [6, 6.07) is 7.39. The first kappa shape index (κ1) is 13.7. The zero-order chi connectivity index (χ0) is 12.8. The van der Waals surface area contributed by atoms with Gasteiger partial charge in [-0.3, -0.25) is 9.59 Å². The zero-order valence-electron chi connectivity index (χ0n) is 9.60. The SMILES string of the molecule is COC(=O)C(Cc1cccc(Br)c1)C(=O)OC. The summed E-state index contributed by atoms with van der Waals surface area (Å²) in [6.07, 6.45) is 0.263. The molecule has 0 saturated carbocycles. The van der Waals surface area contributed by atoms with Gasteiger partial charge in [0.25, 0.3) is 0 Å². The average Bonchev–Trinajstić information content (AvgIpc) is 2.34. The molecule has 4 nitrogen and oxygen atoms in total. The molecule has 5 heteroatoms. The molecule has 1 aromatic carbocycles. The number of rotatable bonds is 4. The molecule has 0 aliphatic rings. The van der Waals surface area contributed by atoms with Gasteiger partial charge in [-0.1, -0.05) is 28.1 Å². The van der Waals surface area contributed by atoms with Crippen molar-refractivity contribution in [1.29, 1.82) is 0 Å². The molecule has 0 fully saturated rings. The third-order valence-electron chi connectivity index (χ3n) is 2.30. The number of methoxy groups -OCH3 is 2. The summed E-state index contributed by atoms with van der Waals surface area (Å²) >= 11 is 3.33. The van der Waals surface area contributed by atoms with Crippen LogP contribution in [0.2, 0.25) is 0 Å². The number of benzene rings is 1. The lowest BCUT2D eigenvalue weighted by atomic mass is 9.99. The van der Waals surface area contributed by atoms with Crippen molar-refractivity contribution in [3.63, 3.8) is 0 Å². The molecule has 17 heavy (non-hydrogen) atoms. The van der Waals surface area contributed by atoms with Crippen LogP contribution in [0.1, 0.15) is 5.56 Å². The number of hydrogen-bond acceptors (Lipinski definition) is 4. The Hall–Kier alpha value is -1.36. The second kappa shape index (κ2) is 6.39. The van der Waals surface area contributed by atoms with E-state index in [0.717, 1.165) is 10.0 Å². The highest BCUT2D eigenvalue weighted by atomic mass is 79.9. The Balaban J connectivity index is 2.86. The quantitative estimate of drug-likeness (QED) is 0.630. The lowest BCUT2D eigenvalue weighted by Crippen LogP contribution is -2.28. The predicted octanol–water partition coefficient (Wildman–Crippen LogP) is 1.95. The van der Waals surface area contributed by atoms with E-state index < -0.39 is 17.9 Å². The fourth-order valence-corrected chi connectivity index (χ4v) is 1.89. The summed E-state index contributed by atoms with van der Waals surface area (Å²) in [6.45, 7) is 0. The molecular weight excluding hydrogens is 288 g/mol. The highest BCUT2D eigenvalue weighted by Crippen LogP contribution is 2.16. The molecule has 0 aliphatic carbocycles. The first-order valence-electron chi connectivity index (χ1n) is 4.98. The van der Waals surface area contributed by atoms with Crippen LogP contribution in [-0.2, 0) is 25.5 Å². The molecule has 0 heterocycles. The van der Waals surface area contributed by atoms with Crippen molar-refractivity contribution in [1.82, 2.24) is 0 Å². The van der Waals surface area contributed by atoms with Gasteiger partial charge in [-0.15, -0.1) is 0 Å². The molecule has 0 N–H and O–H groups in total. The molecule has 1 rings (SSSR count). The van der Waals surface area contributed by atoms with Crippen LogP contribution >= 0.6 is 15.9 Å². The van der Waals surface area contributed by atoms with Crippen molar-refractivity contribution >= 4 is 27.9 Å². The van der Waals surface area contributed by atoms with E-state index in [1.54, 1.807) is 0 Å². The number of hydrogen-bond donors (Lipinski definition) is 0. The van der Waals surface area contributed by atoms with Crippen LogP contribution in [0.25, 0.3) is 0 Å². The average molecular weight is 301 g/mol. The Morgan fingerprint density at radius 1 is 1.24 bits per heavy atom. The molecule has 0 saturated heterocycles. The first-order chi connectivity index (χ1) is 8.08. The number of carbonyl (C=O) groups is 2. The summed E-state index contributed by atoms with van der Waals surface area (Å²) in [4.78, 5) is 22.9. The first-order valence-corrected chi connectivity index (χ1v) is 5.78. The number of esters is 2. The van der Waals surface area contributed by atoms with Crippen LogP contribution in [0.5, 0.6) is 0 Å². The summed E-state index contributed by atoms with van der Waals surface area (Å²) < 4.78 is 10.1. The zero-order valence-corrected chi connectivity index (χ0v) is 11.2. The van der Waals surface area contributed by atoms with E-state index >= 15 is 0 Å². The maximum absolute atomic E-state index is 11.5. The Morgan fingerprint density at radius 3 is 2.29 bits per heavy atom. The summed E-state index contributed by atoms with van der Waals surface area (Å²) in [5, 5.41) is 0. The molecule has 0 aliphatic heterocycles. The predicted molar refractivity (Wildman–Crippen MR) is 65.4 cm³/mol. The van der Waals surface area contributed by atoms with Crippen LogP contribution in [0, 0.1) is 5.92 Å². The number of carbonyl (C=O) groups excluding carboxylic acids is 2. The summed E-state index contributed by atoms with van der Waals surface area (Å²) in [5.41, 5.74) is 0.861. The van der Waals surface area contributed by atoms with Crippen LogP contribution in [-0.4, -0.2) is 26.2 Å². The fraction of sp³-hybridized carbons (Fsp3) is 0.333. The number of halogens is 1.